The van der Waals surface area contributed by atoms with Gasteiger partial charge < -0.3 is 24.0 Å². The highest BCUT2D eigenvalue weighted by Crippen LogP contribution is 2.42. The van der Waals surface area contributed by atoms with Gasteiger partial charge in [0.25, 0.3) is 5.91 Å². The van der Waals surface area contributed by atoms with Crippen molar-refractivity contribution < 1.29 is 24.2 Å². The summed E-state index contributed by atoms with van der Waals surface area (Å²) in [5.41, 5.74) is 1.29. The molecule has 2 aromatic heterocycles. The second-order valence-corrected chi connectivity index (χ2v) is 10.9. The zero-order valence-corrected chi connectivity index (χ0v) is 23.2. The molecule has 0 spiro atoms. The lowest BCUT2D eigenvalue weighted by atomic mass is 9.94. The van der Waals surface area contributed by atoms with Crippen LogP contribution in [0.25, 0.3) is 0 Å². The smallest absolute Gasteiger partial charge is 0.290 e. The van der Waals surface area contributed by atoms with Crippen LogP contribution in [0.3, 0.4) is 0 Å². The van der Waals surface area contributed by atoms with Crippen molar-refractivity contribution in [2.75, 3.05) is 20.3 Å². The Balaban J connectivity index is 1.69. The number of aliphatic hydroxyl groups is 1. The number of carbonyl (C=O) groups excluding carboxylic acids is 2. The number of thiazole rings is 1. The third kappa shape index (κ3) is 5.75. The summed E-state index contributed by atoms with van der Waals surface area (Å²) in [6, 6.07) is 4.62. The van der Waals surface area contributed by atoms with Crippen LogP contribution in [0, 0.1) is 19.8 Å². The van der Waals surface area contributed by atoms with Crippen LogP contribution in [0.1, 0.15) is 58.7 Å². The molecule has 1 atom stereocenters. The minimum atomic E-state index is -0.779. The maximum absolute atomic E-state index is 13.8. The van der Waals surface area contributed by atoms with Crippen LogP contribution in [-0.4, -0.2) is 56.5 Å². The van der Waals surface area contributed by atoms with Crippen molar-refractivity contribution in [3.8, 4) is 11.5 Å². The van der Waals surface area contributed by atoms with Crippen molar-refractivity contribution in [3.63, 3.8) is 0 Å². The van der Waals surface area contributed by atoms with E-state index in [1.165, 1.54) is 11.3 Å². The molecule has 3 heterocycles. The number of aliphatic hydroxyl groups excluding tert-OH is 1. The zero-order chi connectivity index (χ0) is 27.4. The molecule has 0 radical (unpaired) electrons. The van der Waals surface area contributed by atoms with Crippen LogP contribution in [0.15, 0.2) is 48.3 Å². The van der Waals surface area contributed by atoms with E-state index in [-0.39, 0.29) is 5.57 Å². The van der Waals surface area contributed by atoms with E-state index in [0.717, 1.165) is 11.4 Å². The van der Waals surface area contributed by atoms with Crippen molar-refractivity contribution in [3.05, 3.63) is 69.4 Å². The van der Waals surface area contributed by atoms with Gasteiger partial charge in [-0.3, -0.25) is 9.59 Å². The van der Waals surface area contributed by atoms with Crippen molar-refractivity contribution in [1.29, 1.82) is 0 Å². The highest BCUT2D eigenvalue weighted by molar-refractivity contribution is 7.14. The maximum atomic E-state index is 13.8. The molecule has 38 heavy (non-hydrogen) atoms. The van der Waals surface area contributed by atoms with Gasteiger partial charge >= 0.3 is 0 Å². The largest absolute Gasteiger partial charge is 0.503 e. The molecule has 0 saturated carbocycles. The third-order valence-corrected chi connectivity index (χ3v) is 7.56. The lowest BCUT2D eigenvalue weighted by molar-refractivity contribution is -0.129. The number of aromatic nitrogens is 3. The molecule has 0 fully saturated rings. The summed E-state index contributed by atoms with van der Waals surface area (Å²) < 4.78 is 13.5. The molecular formula is C28H34N4O5S. The third-order valence-electron chi connectivity index (χ3n) is 6.49. The number of rotatable bonds is 12. The number of imidazole rings is 1. The zero-order valence-electron chi connectivity index (χ0n) is 22.4. The first-order valence-corrected chi connectivity index (χ1v) is 13.5. The lowest BCUT2D eigenvalue weighted by Gasteiger charge is -2.27. The van der Waals surface area contributed by atoms with Gasteiger partial charge in [0.2, 0.25) is 5.78 Å². The summed E-state index contributed by atoms with van der Waals surface area (Å²) in [5, 5.41) is 11.7. The predicted molar refractivity (Wildman–Crippen MR) is 145 cm³/mol. The summed E-state index contributed by atoms with van der Waals surface area (Å²) in [7, 11) is 1.56. The first-order chi connectivity index (χ1) is 18.2. The van der Waals surface area contributed by atoms with Crippen LogP contribution in [0.4, 0.5) is 0 Å². The number of Topliss-reactive ketones (excluding diaryl/α,β-unsaturated/α-hetero) is 1. The van der Waals surface area contributed by atoms with Crippen molar-refractivity contribution in [2.45, 2.75) is 53.1 Å². The number of ketones is 1. The van der Waals surface area contributed by atoms with Crippen LogP contribution in [0.5, 0.6) is 11.5 Å². The number of hydrogen-bond acceptors (Lipinski definition) is 8. The van der Waals surface area contributed by atoms with Gasteiger partial charge in [0.1, 0.15) is 0 Å². The van der Waals surface area contributed by atoms with Gasteiger partial charge in [-0.25, -0.2) is 9.97 Å². The molecule has 3 aromatic rings. The van der Waals surface area contributed by atoms with Crippen LogP contribution in [0.2, 0.25) is 0 Å². The number of nitrogens with zero attached hydrogens (tertiary/aromatic N) is 4. The fourth-order valence-corrected chi connectivity index (χ4v) is 5.42. The fourth-order valence-electron chi connectivity index (χ4n) is 4.55. The number of benzene rings is 1. The first-order valence-electron chi connectivity index (χ1n) is 12.7. The highest BCUT2D eigenvalue weighted by Gasteiger charge is 2.44. The first kappa shape index (κ1) is 27.4. The average molecular weight is 539 g/mol. The molecule has 1 amide bonds. The van der Waals surface area contributed by atoms with Gasteiger partial charge in [-0.1, -0.05) is 19.9 Å². The van der Waals surface area contributed by atoms with E-state index in [1.54, 1.807) is 43.6 Å². The molecule has 9 nitrogen and oxygen atoms in total. The second kappa shape index (κ2) is 11.8. The van der Waals surface area contributed by atoms with E-state index in [2.05, 4.69) is 23.8 Å². The predicted octanol–water partition coefficient (Wildman–Crippen LogP) is 5.06. The molecule has 0 saturated heterocycles. The summed E-state index contributed by atoms with van der Waals surface area (Å²) >= 11 is 1.26. The van der Waals surface area contributed by atoms with Gasteiger partial charge in [0.05, 0.1) is 47.2 Å². The molecule has 1 aromatic carbocycles. The minimum Gasteiger partial charge on any atom is -0.503 e. The van der Waals surface area contributed by atoms with Gasteiger partial charge in [-0.2, -0.15) is 0 Å². The quantitative estimate of drug-likeness (QED) is 0.321. The summed E-state index contributed by atoms with van der Waals surface area (Å²) in [6.07, 6.45) is 6.77. The van der Waals surface area contributed by atoms with Crippen molar-refractivity contribution >= 4 is 23.0 Å². The maximum Gasteiger partial charge on any atom is 0.290 e. The Kier molecular flexibility index (Phi) is 8.51. The molecule has 1 aliphatic heterocycles. The van der Waals surface area contributed by atoms with Crippen LogP contribution < -0.4 is 9.47 Å². The number of carbonyl (C=O) groups is 2. The van der Waals surface area contributed by atoms with Crippen LogP contribution >= 0.6 is 11.3 Å². The molecule has 0 aliphatic carbocycles. The Hall–Kier alpha value is -3.66. The Morgan fingerprint density at radius 3 is 2.63 bits per heavy atom. The van der Waals surface area contributed by atoms with E-state index in [9.17, 15) is 14.7 Å². The molecule has 0 bridgehead atoms. The molecule has 4 rings (SSSR count). The summed E-state index contributed by atoms with van der Waals surface area (Å²) in [4.78, 5) is 37.5. The van der Waals surface area contributed by atoms with E-state index < -0.39 is 23.5 Å². The van der Waals surface area contributed by atoms with Gasteiger partial charge in [-0.15, -0.1) is 11.3 Å². The number of ether oxygens (including phenoxy) is 2. The van der Waals surface area contributed by atoms with Gasteiger partial charge in [-0.05, 0) is 50.3 Å². The Morgan fingerprint density at radius 2 is 2.00 bits per heavy atom. The monoisotopic (exact) mass is 538 g/mol. The number of amides is 1. The molecule has 1 aliphatic rings. The Morgan fingerprint density at radius 1 is 1.21 bits per heavy atom. The standard InChI is InChI=1S/C28H34N4O5S/c1-17(2)9-14-37-21-8-7-20(15-22(21)36-5)24-23(25(33)27-18(3)30-19(4)38-27)26(34)28(35)32(24)12-6-11-31-13-10-29-16-31/h7-8,10,13,15-17,24,34H,6,9,11-12,14H2,1-5H3. The average Bonchev–Trinajstić information content (AvgIpc) is 3.58. The number of hydrogen-bond donors (Lipinski definition) is 1. The SMILES string of the molecule is COc1cc(C2C(C(=O)c3sc(C)nc3C)=C(O)C(=O)N2CCCn2ccnc2)ccc1OCCC(C)C. The fraction of sp³-hybridized carbons (Fsp3) is 0.429. The molecule has 1 N–H and O–H groups in total. The highest BCUT2D eigenvalue weighted by atomic mass is 32.1. The lowest BCUT2D eigenvalue weighted by Crippen LogP contribution is -2.32. The normalized spacial score (nSPS) is 15.6. The Labute approximate surface area is 226 Å². The van der Waals surface area contributed by atoms with E-state index in [0.29, 0.717) is 59.7 Å². The molecule has 10 heteroatoms. The molecule has 1 unspecified atom stereocenters. The molecule has 202 valence electrons. The van der Waals surface area contributed by atoms with Gasteiger partial charge in [0.15, 0.2) is 17.3 Å². The van der Waals surface area contributed by atoms with Crippen LogP contribution in [-0.2, 0) is 11.3 Å². The summed E-state index contributed by atoms with van der Waals surface area (Å²) in [6.45, 7) is 9.36. The van der Waals surface area contributed by atoms with E-state index in [1.807, 2.05) is 23.8 Å². The van der Waals surface area contributed by atoms with E-state index >= 15 is 0 Å². The Bertz CT molecular complexity index is 1330. The topological polar surface area (TPSA) is 107 Å². The van der Waals surface area contributed by atoms with Crippen molar-refractivity contribution in [2.24, 2.45) is 5.92 Å². The second-order valence-electron chi connectivity index (χ2n) is 9.74. The summed E-state index contributed by atoms with van der Waals surface area (Å²) in [5.74, 6) is 0.102. The number of methoxy groups -OCH3 is 1. The molecular weight excluding hydrogens is 504 g/mol. The van der Waals surface area contributed by atoms with E-state index in [4.69, 9.17) is 9.47 Å². The van der Waals surface area contributed by atoms with Crippen molar-refractivity contribution in [1.82, 2.24) is 19.4 Å². The minimum absolute atomic E-state index is 0.0555. The van der Waals surface area contributed by atoms with Gasteiger partial charge in [0, 0.05) is 25.5 Å². The number of aryl methyl sites for hydroxylation is 3.